The van der Waals surface area contributed by atoms with Crippen molar-refractivity contribution in [1.82, 2.24) is 24.5 Å². The Balaban J connectivity index is 1.26. The Morgan fingerprint density at radius 2 is 2.00 bits per heavy atom. The standard InChI is InChI=1S/C21H23ClN8OS/c1-29(2)13-7-8-14-15(9-13)32-21(25-14)28-19(31)11-3-5-12(6-4-11)30-10-24-16-17(23)26-20(22)27-18(16)30/h7-12H,3-6H2,1-2H3,(H2,23,26,27)(H,25,28,31)/t11-,12+. The van der Waals surface area contributed by atoms with Crippen LogP contribution in [-0.2, 0) is 4.79 Å². The van der Waals surface area contributed by atoms with Gasteiger partial charge in [-0.15, -0.1) is 0 Å². The van der Waals surface area contributed by atoms with Crippen LogP contribution < -0.4 is 16.0 Å². The van der Waals surface area contributed by atoms with Crippen molar-refractivity contribution in [2.75, 3.05) is 30.0 Å². The monoisotopic (exact) mass is 470 g/mol. The third-order valence-electron chi connectivity index (χ3n) is 6.00. The second-order valence-electron chi connectivity index (χ2n) is 8.26. The summed E-state index contributed by atoms with van der Waals surface area (Å²) in [4.78, 5) is 32.1. The molecule has 9 nitrogen and oxygen atoms in total. The molecule has 3 N–H and O–H groups in total. The van der Waals surface area contributed by atoms with E-state index in [1.165, 1.54) is 11.3 Å². The molecule has 0 atom stereocenters. The summed E-state index contributed by atoms with van der Waals surface area (Å²) in [5.74, 6) is 0.259. The fraction of sp³-hybridized carbons (Fsp3) is 0.381. The molecule has 0 bridgehead atoms. The van der Waals surface area contributed by atoms with Crippen molar-refractivity contribution >= 4 is 66.9 Å². The van der Waals surface area contributed by atoms with E-state index in [0.717, 1.165) is 41.6 Å². The number of nitrogens with one attached hydrogen (secondary N) is 1. The summed E-state index contributed by atoms with van der Waals surface area (Å²) in [6, 6.07) is 6.30. The SMILES string of the molecule is CN(C)c1ccc2nc(NC(=O)[C@H]3CC[C@@H](n4cnc5c(N)nc(Cl)nc54)CC3)sc2c1. The smallest absolute Gasteiger partial charge is 0.229 e. The molecule has 1 aliphatic carbocycles. The molecule has 5 rings (SSSR count). The van der Waals surface area contributed by atoms with Crippen molar-refractivity contribution in [3.8, 4) is 0 Å². The van der Waals surface area contributed by atoms with Crippen LogP contribution in [0.2, 0.25) is 5.28 Å². The molecule has 32 heavy (non-hydrogen) atoms. The lowest BCUT2D eigenvalue weighted by atomic mass is 9.85. The number of rotatable bonds is 4. The second-order valence-corrected chi connectivity index (χ2v) is 9.63. The molecular formula is C21H23ClN8OS. The van der Waals surface area contributed by atoms with Crippen molar-refractivity contribution in [3.63, 3.8) is 0 Å². The first-order chi connectivity index (χ1) is 15.4. The van der Waals surface area contributed by atoms with Crippen molar-refractivity contribution in [3.05, 3.63) is 29.8 Å². The van der Waals surface area contributed by atoms with Gasteiger partial charge in [-0.2, -0.15) is 9.97 Å². The Hall–Kier alpha value is -2.98. The van der Waals surface area contributed by atoms with Crippen LogP contribution in [0.15, 0.2) is 24.5 Å². The number of hydrogen-bond donors (Lipinski definition) is 2. The van der Waals surface area contributed by atoms with Crippen molar-refractivity contribution in [2.45, 2.75) is 31.7 Å². The number of imidazole rings is 1. The maximum atomic E-state index is 12.9. The molecule has 1 saturated carbocycles. The van der Waals surface area contributed by atoms with Crippen LogP contribution >= 0.6 is 22.9 Å². The van der Waals surface area contributed by atoms with Gasteiger partial charge in [0.2, 0.25) is 11.2 Å². The molecule has 11 heteroatoms. The topological polar surface area (TPSA) is 115 Å². The number of nitrogen functional groups attached to an aromatic ring is 1. The van der Waals surface area contributed by atoms with E-state index in [2.05, 4.69) is 31.3 Å². The van der Waals surface area contributed by atoms with E-state index in [1.54, 1.807) is 6.33 Å². The van der Waals surface area contributed by atoms with Gasteiger partial charge < -0.3 is 20.5 Å². The van der Waals surface area contributed by atoms with Gasteiger partial charge >= 0.3 is 0 Å². The minimum Gasteiger partial charge on any atom is -0.382 e. The molecule has 3 heterocycles. The predicted octanol–water partition coefficient (Wildman–Crippen LogP) is 4.11. The zero-order valence-electron chi connectivity index (χ0n) is 17.7. The zero-order chi connectivity index (χ0) is 22.4. The highest BCUT2D eigenvalue weighted by Gasteiger charge is 2.29. The number of halogens is 1. The predicted molar refractivity (Wildman–Crippen MR) is 128 cm³/mol. The highest BCUT2D eigenvalue weighted by Crippen LogP contribution is 2.36. The van der Waals surface area contributed by atoms with Gasteiger partial charge in [-0.05, 0) is 55.5 Å². The maximum absolute atomic E-state index is 12.9. The summed E-state index contributed by atoms with van der Waals surface area (Å²) < 4.78 is 3.06. The number of hydrogen-bond acceptors (Lipinski definition) is 8. The van der Waals surface area contributed by atoms with Gasteiger partial charge in [0, 0.05) is 31.7 Å². The molecule has 4 aromatic rings. The molecule has 0 radical (unpaired) electrons. The number of anilines is 3. The second kappa shape index (κ2) is 8.18. The quantitative estimate of drug-likeness (QED) is 0.431. The minimum absolute atomic E-state index is 0.0282. The van der Waals surface area contributed by atoms with E-state index in [9.17, 15) is 4.79 Å². The summed E-state index contributed by atoms with van der Waals surface area (Å²) >= 11 is 7.49. The Labute approximate surface area is 193 Å². The van der Waals surface area contributed by atoms with Crippen LogP contribution in [0, 0.1) is 5.92 Å². The Kier molecular flexibility index (Phi) is 5.34. The zero-order valence-corrected chi connectivity index (χ0v) is 19.3. The number of carbonyl (C=O) groups excluding carboxylic acids is 1. The van der Waals surface area contributed by atoms with Gasteiger partial charge in [0.1, 0.15) is 5.52 Å². The normalized spacial score (nSPS) is 18.8. The van der Waals surface area contributed by atoms with Gasteiger partial charge in [-0.1, -0.05) is 11.3 Å². The Morgan fingerprint density at radius 3 is 2.75 bits per heavy atom. The number of benzene rings is 1. The lowest BCUT2D eigenvalue weighted by Crippen LogP contribution is -2.28. The summed E-state index contributed by atoms with van der Waals surface area (Å²) in [6.07, 6.45) is 4.98. The summed E-state index contributed by atoms with van der Waals surface area (Å²) in [5, 5.41) is 3.78. The van der Waals surface area contributed by atoms with Crippen LogP contribution in [0.5, 0.6) is 0 Å². The first kappa shape index (κ1) is 20.9. The van der Waals surface area contributed by atoms with E-state index in [0.29, 0.717) is 16.3 Å². The van der Waals surface area contributed by atoms with Gasteiger partial charge in [0.15, 0.2) is 16.6 Å². The van der Waals surface area contributed by atoms with Crippen molar-refractivity contribution in [2.24, 2.45) is 5.92 Å². The molecule has 0 spiro atoms. The fourth-order valence-corrected chi connectivity index (χ4v) is 5.32. The number of carbonyl (C=O) groups is 1. The Morgan fingerprint density at radius 1 is 1.22 bits per heavy atom. The molecule has 1 amide bonds. The first-order valence-corrected chi connectivity index (χ1v) is 11.6. The lowest BCUT2D eigenvalue weighted by Gasteiger charge is -2.28. The molecule has 0 saturated heterocycles. The van der Waals surface area contributed by atoms with Crippen molar-refractivity contribution in [1.29, 1.82) is 0 Å². The number of thiazole rings is 1. The Bertz CT molecular complexity index is 1310. The van der Waals surface area contributed by atoms with E-state index in [-0.39, 0.29) is 29.0 Å². The average Bonchev–Trinajstić information content (AvgIpc) is 3.36. The van der Waals surface area contributed by atoms with E-state index in [4.69, 9.17) is 17.3 Å². The average molecular weight is 471 g/mol. The van der Waals surface area contributed by atoms with Crippen LogP contribution in [0.25, 0.3) is 21.4 Å². The number of fused-ring (bicyclic) bond motifs is 2. The number of aromatic nitrogens is 5. The summed E-state index contributed by atoms with van der Waals surface area (Å²) in [6.45, 7) is 0. The molecule has 3 aromatic heterocycles. The van der Waals surface area contributed by atoms with Crippen LogP contribution in [0.3, 0.4) is 0 Å². The van der Waals surface area contributed by atoms with Gasteiger partial charge in [-0.3, -0.25) is 4.79 Å². The largest absolute Gasteiger partial charge is 0.382 e. The third-order valence-corrected chi connectivity index (χ3v) is 7.10. The molecule has 1 aliphatic rings. The van der Waals surface area contributed by atoms with E-state index >= 15 is 0 Å². The molecule has 0 unspecified atom stereocenters. The lowest BCUT2D eigenvalue weighted by molar-refractivity contribution is -0.120. The molecule has 0 aliphatic heterocycles. The summed E-state index contributed by atoms with van der Waals surface area (Å²) in [7, 11) is 4.01. The maximum Gasteiger partial charge on any atom is 0.229 e. The third kappa shape index (κ3) is 3.84. The van der Waals surface area contributed by atoms with Gasteiger partial charge in [0.05, 0.1) is 16.5 Å². The molecule has 1 fully saturated rings. The van der Waals surface area contributed by atoms with Gasteiger partial charge in [-0.25, -0.2) is 9.97 Å². The minimum atomic E-state index is -0.0475. The van der Waals surface area contributed by atoms with Crippen LogP contribution in [-0.4, -0.2) is 44.5 Å². The van der Waals surface area contributed by atoms with Crippen LogP contribution in [0.4, 0.5) is 16.6 Å². The van der Waals surface area contributed by atoms with Crippen molar-refractivity contribution < 1.29 is 4.79 Å². The highest BCUT2D eigenvalue weighted by molar-refractivity contribution is 7.22. The van der Waals surface area contributed by atoms with E-state index < -0.39 is 0 Å². The van der Waals surface area contributed by atoms with E-state index in [1.807, 2.05) is 35.7 Å². The highest BCUT2D eigenvalue weighted by atomic mass is 35.5. The number of nitrogens with zero attached hydrogens (tertiary/aromatic N) is 6. The molecule has 1 aromatic carbocycles. The first-order valence-electron chi connectivity index (χ1n) is 10.4. The number of nitrogens with two attached hydrogens (primary N) is 1. The van der Waals surface area contributed by atoms with Gasteiger partial charge in [0.25, 0.3) is 0 Å². The number of amides is 1. The van der Waals surface area contributed by atoms with Crippen LogP contribution in [0.1, 0.15) is 31.7 Å². The molecular weight excluding hydrogens is 448 g/mol. The molecule has 166 valence electrons. The fourth-order valence-electron chi connectivity index (χ4n) is 4.25. The summed E-state index contributed by atoms with van der Waals surface area (Å²) in [5.41, 5.74) is 9.12.